The number of thioether (sulfide) groups is 1. The zero-order chi connectivity index (χ0) is 10.7. The zero-order valence-corrected chi connectivity index (χ0v) is 9.94. The Morgan fingerprint density at radius 1 is 1.53 bits per heavy atom. The molecule has 1 saturated heterocycles. The molecule has 1 heterocycles. The molecule has 3 heteroatoms. The van der Waals surface area contributed by atoms with Crippen molar-refractivity contribution in [1.29, 1.82) is 0 Å². The average Bonchev–Trinajstić information content (AvgIpc) is 2.69. The van der Waals surface area contributed by atoms with Gasteiger partial charge in [0.1, 0.15) is 0 Å². The summed E-state index contributed by atoms with van der Waals surface area (Å²) in [6, 6.07) is 6.05. The van der Waals surface area contributed by atoms with Gasteiger partial charge in [-0.05, 0) is 49.3 Å². The van der Waals surface area contributed by atoms with Crippen LogP contribution >= 0.6 is 11.8 Å². The van der Waals surface area contributed by atoms with Crippen molar-refractivity contribution in [3.63, 3.8) is 0 Å². The third-order valence-electron chi connectivity index (χ3n) is 2.79. The Bertz CT molecular complexity index is 332. The van der Waals surface area contributed by atoms with Gasteiger partial charge in [-0.3, -0.25) is 0 Å². The van der Waals surface area contributed by atoms with Gasteiger partial charge in [0.05, 0.1) is 0 Å². The van der Waals surface area contributed by atoms with Crippen LogP contribution in [-0.4, -0.2) is 17.5 Å². The van der Waals surface area contributed by atoms with Crippen molar-refractivity contribution in [1.82, 2.24) is 0 Å². The molecule has 0 amide bonds. The van der Waals surface area contributed by atoms with Crippen LogP contribution in [0.2, 0.25) is 0 Å². The van der Waals surface area contributed by atoms with Gasteiger partial charge < -0.3 is 11.1 Å². The molecule has 0 aromatic heterocycles. The topological polar surface area (TPSA) is 38.0 Å². The lowest BCUT2D eigenvalue weighted by Crippen LogP contribution is -2.14. The fraction of sp³-hybridized carbons (Fsp3) is 0.500. The van der Waals surface area contributed by atoms with Crippen molar-refractivity contribution in [2.45, 2.75) is 25.0 Å². The smallest absolute Gasteiger partial charge is 0.0371 e. The number of anilines is 2. The van der Waals surface area contributed by atoms with Gasteiger partial charge in [-0.1, -0.05) is 0 Å². The summed E-state index contributed by atoms with van der Waals surface area (Å²) >= 11 is 2.08. The van der Waals surface area contributed by atoms with E-state index in [1.54, 1.807) is 0 Å². The molecule has 1 atom stereocenters. The van der Waals surface area contributed by atoms with Gasteiger partial charge in [0.25, 0.3) is 0 Å². The molecule has 1 unspecified atom stereocenters. The number of rotatable bonds is 3. The third-order valence-corrected chi connectivity index (χ3v) is 4.19. The second-order valence-corrected chi connectivity index (χ2v) is 5.50. The minimum Gasteiger partial charge on any atom is -0.399 e. The predicted molar refractivity (Wildman–Crippen MR) is 69.6 cm³/mol. The lowest BCUT2D eigenvalue weighted by atomic mass is 10.1. The fourth-order valence-corrected chi connectivity index (χ4v) is 3.12. The Balaban J connectivity index is 1.92. The second kappa shape index (κ2) is 4.79. The molecule has 1 fully saturated rings. The molecule has 0 saturated carbocycles. The lowest BCUT2D eigenvalue weighted by molar-refractivity contribution is 0.805. The molecule has 0 aliphatic carbocycles. The molecule has 1 aromatic carbocycles. The van der Waals surface area contributed by atoms with Gasteiger partial charge in [-0.15, -0.1) is 0 Å². The van der Waals surface area contributed by atoms with Crippen molar-refractivity contribution >= 4 is 23.1 Å². The monoisotopic (exact) mass is 222 g/mol. The van der Waals surface area contributed by atoms with Crippen LogP contribution in [0.1, 0.15) is 18.4 Å². The van der Waals surface area contributed by atoms with E-state index in [1.165, 1.54) is 29.8 Å². The maximum Gasteiger partial charge on any atom is 0.0371 e. The Morgan fingerprint density at radius 3 is 3.07 bits per heavy atom. The first-order valence-corrected chi connectivity index (χ1v) is 6.52. The number of hydrogen-bond acceptors (Lipinski definition) is 3. The molecule has 82 valence electrons. The van der Waals surface area contributed by atoms with Crippen molar-refractivity contribution in [3.8, 4) is 0 Å². The zero-order valence-electron chi connectivity index (χ0n) is 9.12. The van der Waals surface area contributed by atoms with E-state index in [-0.39, 0.29) is 0 Å². The van der Waals surface area contributed by atoms with E-state index in [4.69, 9.17) is 5.73 Å². The number of nitrogens with two attached hydrogens (primary N) is 1. The van der Waals surface area contributed by atoms with Crippen molar-refractivity contribution in [2.24, 2.45) is 0 Å². The molecule has 1 aliphatic heterocycles. The first kappa shape index (κ1) is 10.7. The van der Waals surface area contributed by atoms with Crippen molar-refractivity contribution in [3.05, 3.63) is 23.8 Å². The highest BCUT2D eigenvalue weighted by atomic mass is 32.2. The van der Waals surface area contributed by atoms with Crippen LogP contribution in [-0.2, 0) is 0 Å². The van der Waals surface area contributed by atoms with Gasteiger partial charge in [0.2, 0.25) is 0 Å². The summed E-state index contributed by atoms with van der Waals surface area (Å²) in [5, 5.41) is 4.30. The Labute approximate surface area is 95.6 Å². The summed E-state index contributed by atoms with van der Waals surface area (Å²) in [4.78, 5) is 0. The minimum atomic E-state index is 0.793. The number of hydrogen-bond donors (Lipinski definition) is 2. The number of nitrogens with one attached hydrogen (secondary N) is 1. The molecule has 2 nitrogen and oxygen atoms in total. The highest BCUT2D eigenvalue weighted by molar-refractivity contribution is 8.00. The van der Waals surface area contributed by atoms with Crippen LogP contribution in [0.15, 0.2) is 18.2 Å². The fourth-order valence-electron chi connectivity index (χ4n) is 1.91. The molecule has 2 rings (SSSR count). The molecule has 3 N–H and O–H groups in total. The van der Waals surface area contributed by atoms with E-state index in [0.29, 0.717) is 0 Å². The largest absolute Gasteiger partial charge is 0.399 e. The Kier molecular flexibility index (Phi) is 3.41. The number of nitrogen functional groups attached to an aromatic ring is 1. The maximum atomic E-state index is 5.71. The first-order valence-electron chi connectivity index (χ1n) is 5.47. The summed E-state index contributed by atoms with van der Waals surface area (Å²) < 4.78 is 0. The molecule has 1 aromatic rings. The van der Waals surface area contributed by atoms with Crippen LogP contribution in [0, 0.1) is 6.92 Å². The highest BCUT2D eigenvalue weighted by Crippen LogP contribution is 2.27. The average molecular weight is 222 g/mol. The van der Waals surface area contributed by atoms with E-state index < -0.39 is 0 Å². The molecular formula is C12H18N2S. The standard InChI is InChI=1S/C12H18N2S/c1-9-7-10(13)4-5-12(9)14-8-11-3-2-6-15-11/h4-5,7,11,14H,2-3,6,8,13H2,1H3. The molecule has 1 aliphatic rings. The van der Waals surface area contributed by atoms with Gasteiger partial charge in [-0.2, -0.15) is 11.8 Å². The maximum absolute atomic E-state index is 5.71. The van der Waals surface area contributed by atoms with Gasteiger partial charge >= 0.3 is 0 Å². The van der Waals surface area contributed by atoms with E-state index in [9.17, 15) is 0 Å². The van der Waals surface area contributed by atoms with E-state index in [1.807, 2.05) is 12.1 Å². The normalized spacial score (nSPS) is 20.5. The van der Waals surface area contributed by atoms with Crippen LogP contribution in [0.3, 0.4) is 0 Å². The first-order chi connectivity index (χ1) is 7.25. The summed E-state index contributed by atoms with van der Waals surface area (Å²) in [5.41, 5.74) is 9.01. The highest BCUT2D eigenvalue weighted by Gasteiger charge is 2.15. The van der Waals surface area contributed by atoms with E-state index in [0.717, 1.165) is 17.5 Å². The van der Waals surface area contributed by atoms with Crippen LogP contribution in [0.4, 0.5) is 11.4 Å². The SMILES string of the molecule is Cc1cc(N)ccc1NCC1CCCS1. The quantitative estimate of drug-likeness (QED) is 0.772. The van der Waals surface area contributed by atoms with Crippen LogP contribution in [0.5, 0.6) is 0 Å². The summed E-state index contributed by atoms with van der Waals surface area (Å²) in [7, 11) is 0. The lowest BCUT2D eigenvalue weighted by Gasteiger charge is -2.13. The minimum absolute atomic E-state index is 0.793. The Hall–Kier alpha value is -0.830. The second-order valence-electron chi connectivity index (χ2n) is 4.09. The summed E-state index contributed by atoms with van der Waals surface area (Å²) in [6.45, 7) is 3.18. The van der Waals surface area contributed by atoms with Crippen LogP contribution < -0.4 is 11.1 Å². The molecule has 0 bridgehead atoms. The third kappa shape index (κ3) is 2.81. The van der Waals surface area contributed by atoms with E-state index in [2.05, 4.69) is 30.1 Å². The number of benzene rings is 1. The van der Waals surface area contributed by atoms with Crippen molar-refractivity contribution < 1.29 is 0 Å². The molecule has 15 heavy (non-hydrogen) atoms. The number of aryl methyl sites for hydroxylation is 1. The summed E-state index contributed by atoms with van der Waals surface area (Å²) in [5.74, 6) is 1.33. The van der Waals surface area contributed by atoms with Gasteiger partial charge in [-0.25, -0.2) is 0 Å². The molecular weight excluding hydrogens is 204 g/mol. The summed E-state index contributed by atoms with van der Waals surface area (Å²) in [6.07, 6.45) is 2.73. The van der Waals surface area contributed by atoms with Crippen molar-refractivity contribution in [2.75, 3.05) is 23.3 Å². The predicted octanol–water partition coefficient (Wildman–Crippen LogP) is 2.88. The van der Waals surface area contributed by atoms with Gasteiger partial charge in [0, 0.05) is 23.2 Å². The molecule has 0 spiro atoms. The van der Waals surface area contributed by atoms with Crippen LogP contribution in [0.25, 0.3) is 0 Å². The van der Waals surface area contributed by atoms with E-state index >= 15 is 0 Å². The Morgan fingerprint density at radius 2 is 2.40 bits per heavy atom. The molecule has 0 radical (unpaired) electrons. The van der Waals surface area contributed by atoms with Gasteiger partial charge in [0.15, 0.2) is 0 Å².